The van der Waals surface area contributed by atoms with Crippen LogP contribution >= 0.6 is 0 Å². The molecule has 4 rings (SSSR count). The molecule has 6 nitrogen and oxygen atoms in total. The first kappa shape index (κ1) is 18.7. The van der Waals surface area contributed by atoms with Crippen molar-refractivity contribution < 1.29 is 14.3 Å². The maximum atomic E-state index is 13.1. The number of hydrogen-bond donors (Lipinski definition) is 1. The van der Waals surface area contributed by atoms with Gasteiger partial charge in [-0.2, -0.15) is 0 Å². The molecule has 0 unspecified atom stereocenters. The van der Waals surface area contributed by atoms with E-state index < -0.39 is 0 Å². The molecule has 1 fully saturated rings. The number of nitrogens with zero attached hydrogens (tertiary/aromatic N) is 1. The summed E-state index contributed by atoms with van der Waals surface area (Å²) in [6, 6.07) is 9.51. The summed E-state index contributed by atoms with van der Waals surface area (Å²) >= 11 is 0. The van der Waals surface area contributed by atoms with Crippen LogP contribution in [-0.2, 0) is 24.2 Å². The Hall–Kier alpha value is -2.60. The van der Waals surface area contributed by atoms with E-state index in [2.05, 4.69) is 5.32 Å². The van der Waals surface area contributed by atoms with Gasteiger partial charge in [-0.05, 0) is 31.2 Å². The number of benzene rings is 1. The fourth-order valence-corrected chi connectivity index (χ4v) is 3.43. The Morgan fingerprint density at radius 3 is 2.79 bits per heavy atom. The molecule has 0 saturated heterocycles. The SMILES string of the molecule is Cc1ccc(CNC(=O)c2c(OCC3CC3)cc(=O)n3c2CCOCC3)cc1. The van der Waals surface area contributed by atoms with E-state index in [1.54, 1.807) is 4.57 Å². The van der Waals surface area contributed by atoms with Gasteiger partial charge in [0.05, 0.1) is 19.8 Å². The molecule has 1 aliphatic carbocycles. The van der Waals surface area contributed by atoms with Crippen LogP contribution < -0.4 is 15.6 Å². The molecule has 28 heavy (non-hydrogen) atoms. The zero-order valence-corrected chi connectivity index (χ0v) is 16.2. The Morgan fingerprint density at radius 2 is 2.04 bits per heavy atom. The summed E-state index contributed by atoms with van der Waals surface area (Å²) in [7, 11) is 0. The largest absolute Gasteiger partial charge is 0.492 e. The van der Waals surface area contributed by atoms with Crippen LogP contribution in [0.5, 0.6) is 5.75 Å². The number of nitrogens with one attached hydrogen (secondary N) is 1. The predicted octanol–water partition coefficient (Wildman–Crippen LogP) is 2.45. The zero-order chi connectivity index (χ0) is 19.5. The molecule has 0 radical (unpaired) electrons. The maximum Gasteiger partial charge on any atom is 0.257 e. The van der Waals surface area contributed by atoms with E-state index in [0.29, 0.717) is 62.3 Å². The molecule has 0 bridgehead atoms. The lowest BCUT2D eigenvalue weighted by Gasteiger charge is -2.18. The number of amides is 1. The molecule has 148 valence electrons. The van der Waals surface area contributed by atoms with Crippen LogP contribution in [0.4, 0.5) is 0 Å². The second kappa shape index (κ2) is 8.19. The average molecular weight is 382 g/mol. The molecule has 0 spiro atoms. The third kappa shape index (κ3) is 4.28. The summed E-state index contributed by atoms with van der Waals surface area (Å²) in [5.74, 6) is 0.719. The van der Waals surface area contributed by atoms with E-state index in [4.69, 9.17) is 9.47 Å². The van der Waals surface area contributed by atoms with E-state index in [0.717, 1.165) is 18.4 Å². The third-order valence-electron chi connectivity index (χ3n) is 5.30. The van der Waals surface area contributed by atoms with Crippen LogP contribution in [-0.4, -0.2) is 30.3 Å². The minimum Gasteiger partial charge on any atom is -0.492 e. The molecule has 1 amide bonds. The van der Waals surface area contributed by atoms with Gasteiger partial charge in [0.25, 0.3) is 11.5 Å². The van der Waals surface area contributed by atoms with Crippen LogP contribution in [0, 0.1) is 12.8 Å². The normalized spacial score (nSPS) is 16.2. The lowest BCUT2D eigenvalue weighted by Crippen LogP contribution is -2.31. The summed E-state index contributed by atoms with van der Waals surface area (Å²) in [5.41, 5.74) is 3.25. The Morgan fingerprint density at radius 1 is 1.25 bits per heavy atom. The average Bonchev–Trinajstić information content (AvgIpc) is 3.52. The second-order valence-corrected chi connectivity index (χ2v) is 7.61. The molecule has 1 saturated carbocycles. The minimum absolute atomic E-state index is 0.138. The first-order valence-electron chi connectivity index (χ1n) is 9.93. The highest BCUT2D eigenvalue weighted by atomic mass is 16.5. The Kier molecular flexibility index (Phi) is 5.48. The lowest BCUT2D eigenvalue weighted by atomic mass is 10.1. The molecule has 1 aromatic heterocycles. The highest BCUT2D eigenvalue weighted by molar-refractivity contribution is 5.98. The van der Waals surface area contributed by atoms with Crippen molar-refractivity contribution in [2.45, 2.75) is 39.3 Å². The summed E-state index contributed by atoms with van der Waals surface area (Å²) in [5, 5.41) is 2.99. The number of rotatable bonds is 6. The Labute approximate surface area is 164 Å². The molecule has 2 aliphatic rings. The van der Waals surface area contributed by atoms with Gasteiger partial charge in [-0.15, -0.1) is 0 Å². The maximum absolute atomic E-state index is 13.1. The molecule has 1 N–H and O–H groups in total. The van der Waals surface area contributed by atoms with Gasteiger partial charge in [0.1, 0.15) is 11.3 Å². The van der Waals surface area contributed by atoms with E-state index >= 15 is 0 Å². The highest BCUT2D eigenvalue weighted by Crippen LogP contribution is 2.31. The van der Waals surface area contributed by atoms with Crippen molar-refractivity contribution in [2.75, 3.05) is 19.8 Å². The molecule has 6 heteroatoms. The van der Waals surface area contributed by atoms with Crippen LogP contribution in [0.25, 0.3) is 0 Å². The number of pyridine rings is 1. The van der Waals surface area contributed by atoms with E-state index in [1.165, 1.54) is 11.6 Å². The van der Waals surface area contributed by atoms with Crippen LogP contribution in [0.3, 0.4) is 0 Å². The first-order valence-corrected chi connectivity index (χ1v) is 9.93. The van der Waals surface area contributed by atoms with Crippen molar-refractivity contribution in [3.63, 3.8) is 0 Å². The van der Waals surface area contributed by atoms with Crippen LogP contribution in [0.1, 0.15) is 40.0 Å². The molecular formula is C22H26N2O4. The Bertz CT molecular complexity index is 913. The molecule has 1 aliphatic heterocycles. The van der Waals surface area contributed by atoms with Crippen molar-refractivity contribution in [3.05, 3.63) is 63.1 Å². The summed E-state index contributed by atoms with van der Waals surface area (Å²) in [4.78, 5) is 25.7. The predicted molar refractivity (Wildman–Crippen MR) is 106 cm³/mol. The van der Waals surface area contributed by atoms with Gasteiger partial charge < -0.3 is 19.4 Å². The van der Waals surface area contributed by atoms with Crippen molar-refractivity contribution in [1.29, 1.82) is 0 Å². The van der Waals surface area contributed by atoms with Crippen molar-refractivity contribution in [1.82, 2.24) is 9.88 Å². The standard InChI is InChI=1S/C22H26N2O4/c1-15-2-4-16(5-3-15)13-23-22(26)21-18-8-10-27-11-9-24(18)20(25)12-19(21)28-14-17-6-7-17/h2-5,12,17H,6-11,13-14H2,1H3,(H,23,26). The van der Waals surface area contributed by atoms with Crippen molar-refractivity contribution >= 4 is 5.91 Å². The van der Waals surface area contributed by atoms with Gasteiger partial charge in [-0.3, -0.25) is 9.59 Å². The molecule has 1 aromatic carbocycles. The minimum atomic E-state index is -0.211. The lowest BCUT2D eigenvalue weighted by molar-refractivity contribution is 0.0944. The monoisotopic (exact) mass is 382 g/mol. The number of carbonyl (C=O) groups is 1. The zero-order valence-electron chi connectivity index (χ0n) is 16.2. The van der Waals surface area contributed by atoms with Crippen LogP contribution in [0.2, 0.25) is 0 Å². The molecule has 0 atom stereocenters. The first-order chi connectivity index (χ1) is 13.6. The van der Waals surface area contributed by atoms with Crippen LogP contribution in [0.15, 0.2) is 35.1 Å². The number of hydrogen-bond acceptors (Lipinski definition) is 4. The fraction of sp³-hybridized carbons (Fsp3) is 0.455. The fourth-order valence-electron chi connectivity index (χ4n) is 3.43. The van der Waals surface area contributed by atoms with Gasteiger partial charge in [0.2, 0.25) is 0 Å². The van der Waals surface area contributed by atoms with Gasteiger partial charge in [-0.25, -0.2) is 0 Å². The molecular weight excluding hydrogens is 356 g/mol. The highest BCUT2D eigenvalue weighted by Gasteiger charge is 2.27. The Balaban J connectivity index is 1.62. The van der Waals surface area contributed by atoms with Gasteiger partial charge in [-0.1, -0.05) is 29.8 Å². The number of carbonyl (C=O) groups excluding carboxylic acids is 1. The number of fused-ring (bicyclic) bond motifs is 1. The van der Waals surface area contributed by atoms with Gasteiger partial charge in [0, 0.05) is 31.3 Å². The van der Waals surface area contributed by atoms with E-state index in [1.807, 2.05) is 31.2 Å². The summed E-state index contributed by atoms with van der Waals surface area (Å²) in [6.07, 6.45) is 2.81. The third-order valence-corrected chi connectivity index (χ3v) is 5.30. The van der Waals surface area contributed by atoms with Crippen molar-refractivity contribution in [2.24, 2.45) is 5.92 Å². The summed E-state index contributed by atoms with van der Waals surface area (Å²) < 4.78 is 13.1. The summed E-state index contributed by atoms with van der Waals surface area (Å²) in [6.45, 7) is 4.43. The number of ether oxygens (including phenoxy) is 2. The quantitative estimate of drug-likeness (QED) is 0.833. The van der Waals surface area contributed by atoms with E-state index in [-0.39, 0.29) is 11.5 Å². The molecule has 2 heterocycles. The van der Waals surface area contributed by atoms with Gasteiger partial charge >= 0.3 is 0 Å². The topological polar surface area (TPSA) is 69.6 Å². The second-order valence-electron chi connectivity index (χ2n) is 7.61. The van der Waals surface area contributed by atoms with E-state index in [9.17, 15) is 9.59 Å². The van der Waals surface area contributed by atoms with Crippen molar-refractivity contribution in [3.8, 4) is 5.75 Å². The van der Waals surface area contributed by atoms with Gasteiger partial charge in [0.15, 0.2) is 0 Å². The number of aromatic nitrogens is 1. The number of aryl methyl sites for hydroxylation is 1. The smallest absolute Gasteiger partial charge is 0.257 e. The molecule has 2 aromatic rings.